The number of rotatable bonds is 4. The zero-order valence-corrected chi connectivity index (χ0v) is 14.0. The summed E-state index contributed by atoms with van der Waals surface area (Å²) in [4.78, 5) is 6.99. The largest absolute Gasteiger partial charge is 0.324 e. The third-order valence-corrected chi connectivity index (χ3v) is 4.44. The summed E-state index contributed by atoms with van der Waals surface area (Å²) in [5.41, 5.74) is 3.67. The van der Waals surface area contributed by atoms with Gasteiger partial charge in [-0.25, -0.2) is 0 Å². The molecule has 4 rings (SSSR count). The fourth-order valence-electron chi connectivity index (χ4n) is 2.48. The number of hydrogen-bond donors (Lipinski definition) is 1. The molecule has 3 aromatic heterocycles. The Hall–Kier alpha value is -2.87. The molecule has 1 N–H and O–H groups in total. The number of nitrogens with zero attached hydrogens (tertiary/aromatic N) is 6. The Morgan fingerprint density at radius 3 is 2.62 bits per heavy atom. The first kappa shape index (κ1) is 14.7. The van der Waals surface area contributed by atoms with E-state index in [1.165, 1.54) is 16.7 Å². The van der Waals surface area contributed by atoms with E-state index in [1.807, 2.05) is 48.4 Å². The van der Waals surface area contributed by atoms with Gasteiger partial charge < -0.3 is 4.72 Å². The van der Waals surface area contributed by atoms with Crippen molar-refractivity contribution in [1.29, 1.82) is 0 Å². The molecule has 0 bridgehead atoms. The number of fused-ring (bicyclic) bond motifs is 1. The number of benzene rings is 1. The Bertz CT molecular complexity index is 987. The second kappa shape index (κ2) is 5.97. The number of hydrogen-bond acceptors (Lipinski definition) is 6. The third-order valence-electron chi connectivity index (χ3n) is 3.64. The summed E-state index contributed by atoms with van der Waals surface area (Å²) in [6.45, 7) is 0. The monoisotopic (exact) mass is 337 g/mol. The lowest BCUT2D eigenvalue weighted by Gasteiger charge is -2.08. The van der Waals surface area contributed by atoms with E-state index >= 15 is 0 Å². The van der Waals surface area contributed by atoms with E-state index in [9.17, 15) is 0 Å². The van der Waals surface area contributed by atoms with Crippen LogP contribution in [0.3, 0.4) is 0 Å². The van der Waals surface area contributed by atoms with Crippen molar-refractivity contribution in [3.8, 4) is 11.4 Å². The lowest BCUT2D eigenvalue weighted by atomic mass is 10.2. The van der Waals surface area contributed by atoms with Crippen LogP contribution in [0.1, 0.15) is 0 Å². The SMILES string of the molecule is Cn1ncc(-c2ccc(SNc3cccc4cnn(C)c34)cn2)n1. The first-order valence-corrected chi connectivity index (χ1v) is 8.19. The molecule has 120 valence electrons. The molecule has 0 fully saturated rings. The highest BCUT2D eigenvalue weighted by Crippen LogP contribution is 2.28. The van der Waals surface area contributed by atoms with Crippen LogP contribution in [0.15, 0.2) is 53.8 Å². The maximum absolute atomic E-state index is 4.45. The van der Waals surface area contributed by atoms with Crippen molar-refractivity contribution in [3.05, 3.63) is 48.9 Å². The van der Waals surface area contributed by atoms with Crippen molar-refractivity contribution < 1.29 is 0 Å². The molecule has 0 aliphatic heterocycles. The highest BCUT2D eigenvalue weighted by molar-refractivity contribution is 8.00. The minimum absolute atomic E-state index is 0.765. The second-order valence-corrected chi connectivity index (χ2v) is 6.19. The topological polar surface area (TPSA) is 73.5 Å². The van der Waals surface area contributed by atoms with Gasteiger partial charge in [0, 0.05) is 30.6 Å². The summed E-state index contributed by atoms with van der Waals surface area (Å²) >= 11 is 1.51. The zero-order chi connectivity index (χ0) is 16.5. The molecular formula is C16H15N7S. The molecule has 0 aliphatic carbocycles. The van der Waals surface area contributed by atoms with Crippen LogP contribution in [0.25, 0.3) is 22.3 Å². The number of anilines is 1. The van der Waals surface area contributed by atoms with Gasteiger partial charge in [-0.2, -0.15) is 20.1 Å². The highest BCUT2D eigenvalue weighted by atomic mass is 32.2. The minimum Gasteiger partial charge on any atom is -0.324 e. The summed E-state index contributed by atoms with van der Waals surface area (Å²) in [6, 6.07) is 10.1. The number of para-hydroxylation sites is 1. The lowest BCUT2D eigenvalue weighted by Crippen LogP contribution is -1.95. The molecule has 0 aliphatic rings. The molecule has 1 aromatic carbocycles. The molecule has 8 heteroatoms. The standard InChI is InChI=1S/C16H15N7S/c1-22-16-11(8-18-22)4-3-5-14(16)21-24-12-6-7-13(17-9-12)15-10-19-23(2)20-15/h3-10,21H,1-2H3. The van der Waals surface area contributed by atoms with E-state index in [2.05, 4.69) is 31.1 Å². The normalized spacial score (nSPS) is 11.1. The van der Waals surface area contributed by atoms with Gasteiger partial charge in [0.05, 0.1) is 29.3 Å². The van der Waals surface area contributed by atoms with Crippen LogP contribution in [0, 0.1) is 0 Å². The molecule has 0 radical (unpaired) electrons. The molecule has 0 spiro atoms. The number of nitrogens with one attached hydrogen (secondary N) is 1. The van der Waals surface area contributed by atoms with Gasteiger partial charge in [0.25, 0.3) is 0 Å². The maximum atomic E-state index is 4.45. The van der Waals surface area contributed by atoms with E-state index in [0.717, 1.165) is 32.9 Å². The van der Waals surface area contributed by atoms with Gasteiger partial charge in [0.15, 0.2) is 0 Å². The Morgan fingerprint density at radius 1 is 0.958 bits per heavy atom. The van der Waals surface area contributed by atoms with Gasteiger partial charge in [-0.3, -0.25) is 9.67 Å². The van der Waals surface area contributed by atoms with Crippen LogP contribution in [0.2, 0.25) is 0 Å². The quantitative estimate of drug-likeness (QED) is 0.577. The van der Waals surface area contributed by atoms with Gasteiger partial charge in [-0.05, 0) is 30.1 Å². The molecule has 24 heavy (non-hydrogen) atoms. The summed E-state index contributed by atoms with van der Waals surface area (Å²) in [7, 11) is 3.73. The predicted molar refractivity (Wildman–Crippen MR) is 94.4 cm³/mol. The van der Waals surface area contributed by atoms with Gasteiger partial charge in [-0.15, -0.1) is 0 Å². The Balaban J connectivity index is 1.52. The number of aromatic nitrogens is 6. The minimum atomic E-state index is 0.765. The fraction of sp³-hybridized carbons (Fsp3) is 0.125. The van der Waals surface area contributed by atoms with E-state index in [4.69, 9.17) is 0 Å². The summed E-state index contributed by atoms with van der Waals surface area (Å²) < 4.78 is 5.25. The van der Waals surface area contributed by atoms with E-state index in [-0.39, 0.29) is 0 Å². The van der Waals surface area contributed by atoms with Crippen LogP contribution in [0.5, 0.6) is 0 Å². The molecule has 4 aromatic rings. The third kappa shape index (κ3) is 2.71. The van der Waals surface area contributed by atoms with Crippen LogP contribution < -0.4 is 4.72 Å². The van der Waals surface area contributed by atoms with Gasteiger partial charge in [0.1, 0.15) is 5.69 Å². The van der Waals surface area contributed by atoms with Crippen LogP contribution in [-0.4, -0.2) is 29.8 Å². The molecule has 0 atom stereocenters. The van der Waals surface area contributed by atoms with Gasteiger partial charge in [0.2, 0.25) is 0 Å². The molecule has 3 heterocycles. The lowest BCUT2D eigenvalue weighted by molar-refractivity contribution is 0.655. The van der Waals surface area contributed by atoms with Crippen molar-refractivity contribution in [3.63, 3.8) is 0 Å². The molecular weight excluding hydrogens is 322 g/mol. The maximum Gasteiger partial charge on any atom is 0.131 e. The highest BCUT2D eigenvalue weighted by Gasteiger charge is 2.07. The Morgan fingerprint density at radius 2 is 1.88 bits per heavy atom. The van der Waals surface area contributed by atoms with Crippen molar-refractivity contribution in [2.75, 3.05) is 4.72 Å². The molecule has 0 saturated heterocycles. The van der Waals surface area contributed by atoms with Crippen LogP contribution in [0.4, 0.5) is 5.69 Å². The van der Waals surface area contributed by atoms with Gasteiger partial charge in [-0.1, -0.05) is 12.1 Å². The van der Waals surface area contributed by atoms with Crippen LogP contribution in [-0.2, 0) is 14.1 Å². The summed E-state index contributed by atoms with van der Waals surface area (Å²) in [5.74, 6) is 0. The van der Waals surface area contributed by atoms with E-state index in [0.29, 0.717) is 0 Å². The molecule has 0 saturated carbocycles. The summed E-state index contributed by atoms with van der Waals surface area (Å²) in [5, 5.41) is 13.7. The number of pyridine rings is 1. The van der Waals surface area contributed by atoms with Crippen molar-refractivity contribution >= 4 is 28.5 Å². The summed E-state index contributed by atoms with van der Waals surface area (Å²) in [6.07, 6.45) is 5.39. The second-order valence-electron chi connectivity index (χ2n) is 5.31. The zero-order valence-electron chi connectivity index (χ0n) is 13.2. The molecule has 0 amide bonds. The van der Waals surface area contributed by atoms with E-state index in [1.54, 1.807) is 13.2 Å². The smallest absolute Gasteiger partial charge is 0.131 e. The fourth-order valence-corrected chi connectivity index (χ4v) is 3.12. The predicted octanol–water partition coefficient (Wildman–Crippen LogP) is 2.88. The first-order valence-electron chi connectivity index (χ1n) is 7.37. The molecule has 7 nitrogen and oxygen atoms in total. The molecule has 0 unspecified atom stereocenters. The van der Waals surface area contributed by atoms with E-state index < -0.39 is 0 Å². The van der Waals surface area contributed by atoms with Crippen molar-refractivity contribution in [2.45, 2.75) is 4.90 Å². The van der Waals surface area contributed by atoms with Crippen LogP contribution >= 0.6 is 11.9 Å². The van der Waals surface area contributed by atoms with Crippen molar-refractivity contribution in [1.82, 2.24) is 29.8 Å². The van der Waals surface area contributed by atoms with Gasteiger partial charge >= 0.3 is 0 Å². The first-order chi connectivity index (χ1) is 11.7. The number of aryl methyl sites for hydroxylation is 2. The Labute approximate surface area is 142 Å². The van der Waals surface area contributed by atoms with Crippen molar-refractivity contribution in [2.24, 2.45) is 14.1 Å². The average molecular weight is 337 g/mol. The average Bonchev–Trinajstić information content (AvgIpc) is 3.20. The Kier molecular flexibility index (Phi) is 3.66.